The van der Waals surface area contributed by atoms with E-state index in [0.29, 0.717) is 28.4 Å². The van der Waals surface area contributed by atoms with Crippen molar-refractivity contribution in [1.82, 2.24) is 14.1 Å². The molecule has 0 bridgehead atoms. The summed E-state index contributed by atoms with van der Waals surface area (Å²) in [7, 11) is 0. The maximum atomic E-state index is 9.63. The predicted molar refractivity (Wildman–Crippen MR) is 359 cm³/mol. The van der Waals surface area contributed by atoms with E-state index in [4.69, 9.17) is 22.7 Å². The maximum absolute atomic E-state index is 9.63. The summed E-state index contributed by atoms with van der Waals surface area (Å²) in [5.41, 5.74) is 18.2. The molecule has 0 amide bonds. The number of rotatable bonds is 7. The topological polar surface area (TPSA) is 62.1 Å². The third-order valence-corrected chi connectivity index (χ3v) is 17.6. The van der Waals surface area contributed by atoms with Gasteiger partial charge in [0.25, 0.3) is 6.33 Å². The average Bonchev–Trinajstić information content (AvgIpc) is 1.61. The Bertz CT molecular complexity index is 6080. The van der Waals surface area contributed by atoms with E-state index in [0.717, 1.165) is 144 Å². The number of hydrogen-bond donors (Lipinski definition) is 0. The molecule has 8 heteroatoms. The minimum absolute atomic E-state index is 0. The van der Waals surface area contributed by atoms with Crippen LogP contribution in [0, 0.1) is 18.5 Å². The van der Waals surface area contributed by atoms with E-state index in [1.54, 1.807) is 0 Å². The molecule has 18 rings (SSSR count). The fourth-order valence-electron chi connectivity index (χ4n) is 13.4. The van der Waals surface area contributed by atoms with Crippen LogP contribution in [0.4, 0.5) is 0 Å². The van der Waals surface area contributed by atoms with E-state index in [-0.39, 0.29) is 44.1 Å². The zero-order chi connectivity index (χ0) is 63.4. The number of ether oxygens (including phenoxy) is 1. The first-order valence-corrected chi connectivity index (χ1v) is 29.7. The second kappa shape index (κ2) is 20.6. The van der Waals surface area contributed by atoms with E-state index >= 15 is 0 Å². The molecule has 12 aromatic carbocycles. The molecule has 0 radical (unpaired) electrons. The normalized spacial score (nSPS) is 12.9. The molecule has 0 N–H and O–H groups in total. The molecule has 0 atom stereocenters. The van der Waals surface area contributed by atoms with Crippen molar-refractivity contribution in [2.24, 2.45) is 0 Å². The van der Waals surface area contributed by atoms with Crippen molar-refractivity contribution in [2.75, 3.05) is 0 Å². The van der Waals surface area contributed by atoms with Gasteiger partial charge in [-0.05, 0) is 156 Å². The van der Waals surface area contributed by atoms with Gasteiger partial charge in [0.05, 0.1) is 23.6 Å². The van der Waals surface area contributed by atoms with Crippen LogP contribution >= 0.6 is 0 Å². The minimum Gasteiger partial charge on any atom is -0.510 e. The Morgan fingerprint density at radius 3 is 1.81 bits per heavy atom. The Morgan fingerprint density at radius 2 is 1.06 bits per heavy atom. The fraction of sp³-hybridized carbons (Fsp3) is 0.0488. The molecular formula is C82H52N4O3Pt-2. The molecule has 6 heterocycles. The largest absolute Gasteiger partial charge is 0.510 e. The Hall–Kier alpha value is -10.9. The molecule has 0 saturated carbocycles. The SMILES string of the molecule is [2H]c1c([2H])c([2H])c(-c2cccc3c2-[n+]2[c-]n(-c4[c-]c(Oc5[c-]c6c(cc5)c5ccccc5n6-c5cc(C(C)(C)C)ccn5)ccc4)c4cc(-c5ccc6oc7ccccc7c6c5)cc(c42)-c2ccccc2-c2ccc(-c4ccc5oc6ccccc6c5c4)cc2-3)c([2H])c1[2H].[Pt]. The molecule has 1 aliphatic rings. The van der Waals surface area contributed by atoms with Crippen molar-refractivity contribution in [3.8, 4) is 95.5 Å². The quantitative estimate of drug-likeness (QED) is 0.118. The maximum Gasteiger partial charge on any atom is 0.268 e. The monoisotopic (exact) mass is 1340 g/mol. The molecule has 5 aromatic heterocycles. The molecule has 7 nitrogen and oxygen atoms in total. The van der Waals surface area contributed by atoms with Crippen LogP contribution < -0.4 is 9.30 Å². The van der Waals surface area contributed by atoms with Crippen LogP contribution in [0.15, 0.2) is 270 Å². The molecule has 0 saturated heterocycles. The third kappa shape index (κ3) is 8.52. The molecule has 0 aliphatic carbocycles. The van der Waals surface area contributed by atoms with Gasteiger partial charge in [-0.25, -0.2) is 4.98 Å². The standard InChI is InChI=1S/C82H52N4O3.Pt/c1-82(2,3)55-39-40-83-79(46-55)86-72-28-12-9-23-63(72)64-36-34-58(48-73(64)86)87-57-20-15-19-56(47-57)84-49-85-80-59(50-17-5-4-6-18-50)26-16-27-67(80)68-41-51(52-32-37-77-69(42-52)65-24-10-13-29-75(65)88-77)31-35-62(68)60-21-7-8-22-61(60)71-44-54(45-74(84)81(71)85)53-33-38-78-70(43-53)66-25-11-14-30-76(66)89-78;/h4-46H,1-3H3;/q-2;/i4D,5D,6D,17D,18D;. The molecule has 430 valence electrons. The van der Waals surface area contributed by atoms with Gasteiger partial charge in [0, 0.05) is 65.8 Å². The second-order valence-corrected chi connectivity index (χ2v) is 23.9. The minimum atomic E-state index is -0.477. The number of aromatic nitrogens is 4. The Morgan fingerprint density at radius 1 is 0.456 bits per heavy atom. The van der Waals surface area contributed by atoms with Gasteiger partial charge in [0.15, 0.2) is 0 Å². The summed E-state index contributed by atoms with van der Waals surface area (Å²) in [5, 5.41) is 6.08. The van der Waals surface area contributed by atoms with Crippen molar-refractivity contribution < 1.29 is 46.1 Å². The van der Waals surface area contributed by atoms with Gasteiger partial charge in [-0.1, -0.05) is 184 Å². The first-order valence-electron chi connectivity index (χ1n) is 32.2. The fourth-order valence-corrected chi connectivity index (χ4v) is 13.4. The van der Waals surface area contributed by atoms with Crippen LogP contribution in [0.25, 0.3) is 161 Å². The molecular weight excluding hydrogens is 1280 g/mol. The zero-order valence-corrected chi connectivity index (χ0v) is 51.0. The number of benzene rings is 12. The van der Waals surface area contributed by atoms with Gasteiger partial charge in [-0.3, -0.25) is 4.57 Å². The van der Waals surface area contributed by atoms with Crippen molar-refractivity contribution >= 4 is 76.7 Å². The van der Waals surface area contributed by atoms with Crippen LogP contribution in [-0.2, 0) is 26.5 Å². The molecule has 0 fully saturated rings. The molecule has 0 spiro atoms. The van der Waals surface area contributed by atoms with Crippen molar-refractivity contribution in [3.05, 3.63) is 285 Å². The van der Waals surface area contributed by atoms with Crippen molar-refractivity contribution in [1.29, 1.82) is 0 Å². The predicted octanol–water partition coefficient (Wildman–Crippen LogP) is 21.0. The van der Waals surface area contributed by atoms with E-state index in [9.17, 15) is 2.74 Å². The number of pyridine rings is 1. The number of furan rings is 2. The second-order valence-electron chi connectivity index (χ2n) is 23.9. The summed E-state index contributed by atoms with van der Waals surface area (Å²) in [6, 6.07) is 81.7. The Labute approximate surface area is 540 Å². The summed E-state index contributed by atoms with van der Waals surface area (Å²) in [5.74, 6) is 1.69. The van der Waals surface area contributed by atoms with Gasteiger partial charge in [0.1, 0.15) is 28.1 Å². The van der Waals surface area contributed by atoms with Gasteiger partial charge in [-0.15, -0.1) is 29.7 Å². The molecule has 0 unspecified atom stereocenters. The average molecular weight is 1340 g/mol. The smallest absolute Gasteiger partial charge is 0.268 e. The molecule has 90 heavy (non-hydrogen) atoms. The first-order chi connectivity index (χ1) is 45.8. The summed E-state index contributed by atoms with van der Waals surface area (Å²) < 4.78 is 72.0. The van der Waals surface area contributed by atoms with Gasteiger partial charge in [0.2, 0.25) is 0 Å². The number of fused-ring (bicyclic) bond motifs is 16. The van der Waals surface area contributed by atoms with E-state index < -0.39 is 18.1 Å². The van der Waals surface area contributed by atoms with Gasteiger partial charge in [-0.2, -0.15) is 18.2 Å². The van der Waals surface area contributed by atoms with Gasteiger partial charge < -0.3 is 22.7 Å². The summed E-state index contributed by atoms with van der Waals surface area (Å²) in [4.78, 5) is 4.91. The number of imidazole rings is 1. The number of para-hydroxylation sites is 4. The van der Waals surface area contributed by atoms with E-state index in [1.807, 2.05) is 112 Å². The first kappa shape index (κ1) is 48.2. The third-order valence-electron chi connectivity index (χ3n) is 17.6. The van der Waals surface area contributed by atoms with Crippen LogP contribution in [0.1, 0.15) is 33.2 Å². The van der Waals surface area contributed by atoms with Crippen molar-refractivity contribution in [3.63, 3.8) is 0 Å². The molecule has 1 aliphatic heterocycles. The van der Waals surface area contributed by atoms with E-state index in [2.05, 4.69) is 171 Å². The summed E-state index contributed by atoms with van der Waals surface area (Å²) in [6.07, 6.45) is 5.75. The van der Waals surface area contributed by atoms with Crippen LogP contribution in [0.2, 0.25) is 0 Å². The zero-order valence-electron chi connectivity index (χ0n) is 53.8. The summed E-state index contributed by atoms with van der Waals surface area (Å²) in [6.45, 7) is 6.61. The number of hydrogen-bond acceptors (Lipinski definition) is 4. The van der Waals surface area contributed by atoms with Crippen molar-refractivity contribution in [2.45, 2.75) is 26.2 Å². The van der Waals surface area contributed by atoms with Crippen LogP contribution in [0.5, 0.6) is 11.5 Å². The summed E-state index contributed by atoms with van der Waals surface area (Å²) >= 11 is 0. The van der Waals surface area contributed by atoms with Crippen LogP contribution in [-0.4, -0.2) is 14.1 Å². The van der Waals surface area contributed by atoms with Crippen LogP contribution in [0.3, 0.4) is 0 Å². The number of nitrogens with zero attached hydrogens (tertiary/aromatic N) is 4. The van der Waals surface area contributed by atoms with Gasteiger partial charge >= 0.3 is 0 Å². The molecule has 17 aromatic rings. The Kier molecular flexibility index (Phi) is 11.0. The van der Waals surface area contributed by atoms with E-state index in [1.165, 1.54) is 0 Å². The Balaban J connectivity index is 0.00000684.